The average molecular weight is 314 g/mol. The fourth-order valence-electron chi connectivity index (χ4n) is 2.74. The van der Waals surface area contributed by atoms with Crippen molar-refractivity contribution >= 4 is 24.0 Å². The van der Waals surface area contributed by atoms with Crippen LogP contribution in [0.15, 0.2) is 18.2 Å². The Morgan fingerprint density at radius 2 is 1.90 bits per heavy atom. The number of carbonyl (C=O) groups is 1. The number of carbonyl (C=O) groups excluding carboxylic acids is 1. The minimum atomic E-state index is -0.475. The average Bonchev–Trinajstić information content (AvgIpc) is 2.35. The van der Waals surface area contributed by atoms with Crippen molar-refractivity contribution in [3.05, 3.63) is 39.4 Å². The molecular weight excluding hydrogens is 294 g/mol. The number of amides is 1. The number of piperazine rings is 1. The van der Waals surface area contributed by atoms with Crippen LogP contribution in [-0.4, -0.2) is 40.9 Å². The minimum Gasteiger partial charge on any atom is -0.335 e. The standard InChI is InChI=1S/C14H19N3O3.ClH/c1-9-5-4-6-12(13(9)17(19)20)14(18)16-7-10(2)15-11(3)8-16;/h4-6,10-11,15H,7-8H2,1-3H3;1H. The Morgan fingerprint density at radius 3 is 2.43 bits per heavy atom. The molecule has 1 heterocycles. The van der Waals surface area contributed by atoms with Gasteiger partial charge in [-0.05, 0) is 26.8 Å². The van der Waals surface area contributed by atoms with Crippen LogP contribution >= 0.6 is 12.4 Å². The van der Waals surface area contributed by atoms with Gasteiger partial charge in [-0.1, -0.05) is 12.1 Å². The van der Waals surface area contributed by atoms with E-state index in [0.29, 0.717) is 18.7 Å². The molecule has 1 aliphatic rings. The van der Waals surface area contributed by atoms with E-state index in [1.54, 1.807) is 24.0 Å². The lowest BCUT2D eigenvalue weighted by molar-refractivity contribution is -0.385. The summed E-state index contributed by atoms with van der Waals surface area (Å²) in [5.74, 6) is -0.263. The van der Waals surface area contributed by atoms with Gasteiger partial charge in [0.15, 0.2) is 0 Å². The highest BCUT2D eigenvalue weighted by molar-refractivity contribution is 5.98. The third-order valence-corrected chi connectivity index (χ3v) is 3.50. The third-order valence-electron chi connectivity index (χ3n) is 3.50. The zero-order valence-electron chi connectivity index (χ0n) is 12.3. The van der Waals surface area contributed by atoms with Crippen LogP contribution in [0.25, 0.3) is 0 Å². The maximum Gasteiger partial charge on any atom is 0.285 e. The first-order valence-corrected chi connectivity index (χ1v) is 6.69. The number of halogens is 1. The first-order chi connectivity index (χ1) is 9.40. The summed E-state index contributed by atoms with van der Waals surface area (Å²) in [6.45, 7) is 6.78. The molecular formula is C14H20ClN3O3. The highest BCUT2D eigenvalue weighted by Crippen LogP contribution is 2.25. The fourth-order valence-corrected chi connectivity index (χ4v) is 2.74. The number of nitrogens with zero attached hydrogens (tertiary/aromatic N) is 2. The Hall–Kier alpha value is -1.66. The monoisotopic (exact) mass is 313 g/mol. The van der Waals surface area contributed by atoms with Gasteiger partial charge in [-0.2, -0.15) is 0 Å². The number of nitrogens with one attached hydrogen (secondary N) is 1. The molecule has 1 aliphatic heterocycles. The van der Waals surface area contributed by atoms with Gasteiger partial charge < -0.3 is 10.2 Å². The molecule has 2 unspecified atom stereocenters. The number of para-hydroxylation sites is 1. The van der Waals surface area contributed by atoms with Crippen molar-refractivity contribution in [3.8, 4) is 0 Å². The molecule has 116 valence electrons. The van der Waals surface area contributed by atoms with Gasteiger partial charge in [-0.3, -0.25) is 14.9 Å². The van der Waals surface area contributed by atoms with Gasteiger partial charge in [0.1, 0.15) is 5.56 Å². The number of aryl methyl sites for hydroxylation is 1. The Balaban J connectivity index is 0.00000220. The van der Waals surface area contributed by atoms with Gasteiger partial charge in [0.2, 0.25) is 0 Å². The van der Waals surface area contributed by atoms with Crippen LogP contribution in [0.1, 0.15) is 29.8 Å². The predicted molar refractivity (Wildman–Crippen MR) is 83.0 cm³/mol. The second-order valence-corrected chi connectivity index (χ2v) is 5.41. The highest BCUT2D eigenvalue weighted by atomic mass is 35.5. The molecule has 0 bridgehead atoms. The van der Waals surface area contributed by atoms with Gasteiger partial charge in [-0.25, -0.2) is 0 Å². The zero-order valence-corrected chi connectivity index (χ0v) is 13.1. The molecule has 21 heavy (non-hydrogen) atoms. The lowest BCUT2D eigenvalue weighted by atomic mass is 10.1. The van der Waals surface area contributed by atoms with Crippen LogP contribution in [-0.2, 0) is 0 Å². The maximum absolute atomic E-state index is 12.6. The maximum atomic E-state index is 12.6. The van der Waals surface area contributed by atoms with Crippen LogP contribution in [0.5, 0.6) is 0 Å². The second kappa shape index (κ2) is 6.87. The van der Waals surface area contributed by atoms with Crippen LogP contribution in [0.2, 0.25) is 0 Å². The lowest BCUT2D eigenvalue weighted by Gasteiger charge is -2.36. The second-order valence-electron chi connectivity index (χ2n) is 5.41. The molecule has 6 nitrogen and oxygen atoms in total. The zero-order chi connectivity index (χ0) is 14.9. The molecule has 2 atom stereocenters. The van der Waals surface area contributed by atoms with Crippen molar-refractivity contribution in [1.29, 1.82) is 0 Å². The summed E-state index contributed by atoms with van der Waals surface area (Å²) in [5.41, 5.74) is 0.602. The lowest BCUT2D eigenvalue weighted by Crippen LogP contribution is -2.55. The molecule has 0 aromatic heterocycles. The van der Waals surface area contributed by atoms with Gasteiger partial charge in [0.25, 0.3) is 11.6 Å². The summed E-state index contributed by atoms with van der Waals surface area (Å²) in [5, 5.41) is 14.5. The molecule has 7 heteroatoms. The number of nitro groups is 1. The molecule has 1 saturated heterocycles. The van der Waals surface area contributed by atoms with Crippen molar-refractivity contribution in [2.24, 2.45) is 0 Å². The van der Waals surface area contributed by atoms with Crippen molar-refractivity contribution < 1.29 is 9.72 Å². The van der Waals surface area contributed by atoms with E-state index < -0.39 is 4.92 Å². The Kier molecular flexibility index (Phi) is 5.69. The summed E-state index contributed by atoms with van der Waals surface area (Å²) >= 11 is 0. The molecule has 1 amide bonds. The first kappa shape index (κ1) is 17.4. The Labute approximate surface area is 130 Å². The molecule has 1 N–H and O–H groups in total. The SMILES string of the molecule is Cc1cccc(C(=O)N2CC(C)NC(C)C2)c1[N+](=O)[O-].Cl. The molecule has 0 spiro atoms. The van der Waals surface area contributed by atoms with E-state index in [-0.39, 0.29) is 41.6 Å². The van der Waals surface area contributed by atoms with Crippen molar-refractivity contribution in [2.45, 2.75) is 32.9 Å². The van der Waals surface area contributed by atoms with Crippen LogP contribution in [0.3, 0.4) is 0 Å². The van der Waals surface area contributed by atoms with Gasteiger partial charge in [0, 0.05) is 30.7 Å². The van der Waals surface area contributed by atoms with Crippen LogP contribution < -0.4 is 5.32 Å². The third kappa shape index (κ3) is 3.71. The van der Waals surface area contributed by atoms with Crippen molar-refractivity contribution in [2.75, 3.05) is 13.1 Å². The Morgan fingerprint density at radius 1 is 1.33 bits per heavy atom. The summed E-state index contributed by atoms with van der Waals surface area (Å²) in [6.07, 6.45) is 0. The van der Waals surface area contributed by atoms with Crippen LogP contribution in [0.4, 0.5) is 5.69 Å². The predicted octanol–water partition coefficient (Wildman–Crippen LogP) is 2.15. The Bertz CT molecular complexity index is 540. The molecule has 1 aromatic rings. The van der Waals surface area contributed by atoms with Gasteiger partial charge in [-0.15, -0.1) is 12.4 Å². The van der Waals surface area contributed by atoms with E-state index in [1.807, 2.05) is 13.8 Å². The van der Waals surface area contributed by atoms with E-state index in [0.717, 1.165) is 0 Å². The number of hydrogen-bond acceptors (Lipinski definition) is 4. The van der Waals surface area contributed by atoms with E-state index in [1.165, 1.54) is 6.07 Å². The molecule has 1 fully saturated rings. The van der Waals surface area contributed by atoms with E-state index in [4.69, 9.17) is 0 Å². The number of rotatable bonds is 2. The largest absolute Gasteiger partial charge is 0.335 e. The van der Waals surface area contributed by atoms with Gasteiger partial charge in [0.05, 0.1) is 4.92 Å². The molecule has 0 aliphatic carbocycles. The molecule has 0 radical (unpaired) electrons. The van der Waals surface area contributed by atoms with Gasteiger partial charge >= 0.3 is 0 Å². The topological polar surface area (TPSA) is 75.5 Å². The molecule has 1 aromatic carbocycles. The van der Waals surface area contributed by atoms with E-state index in [2.05, 4.69) is 5.32 Å². The summed E-state index contributed by atoms with van der Waals surface area (Å²) in [4.78, 5) is 25.0. The molecule has 2 rings (SSSR count). The summed E-state index contributed by atoms with van der Waals surface area (Å²) < 4.78 is 0. The van der Waals surface area contributed by atoms with Crippen LogP contribution in [0, 0.1) is 17.0 Å². The summed E-state index contributed by atoms with van der Waals surface area (Å²) in [7, 11) is 0. The van der Waals surface area contributed by atoms with Crippen molar-refractivity contribution in [1.82, 2.24) is 10.2 Å². The highest BCUT2D eigenvalue weighted by Gasteiger charge is 2.30. The quantitative estimate of drug-likeness (QED) is 0.670. The first-order valence-electron chi connectivity index (χ1n) is 6.69. The number of hydrogen-bond donors (Lipinski definition) is 1. The minimum absolute atomic E-state index is 0. The normalized spacial score (nSPS) is 21.6. The summed E-state index contributed by atoms with van der Waals surface area (Å²) in [6, 6.07) is 5.24. The molecule has 0 saturated carbocycles. The van der Waals surface area contributed by atoms with E-state index in [9.17, 15) is 14.9 Å². The fraction of sp³-hybridized carbons (Fsp3) is 0.500. The number of benzene rings is 1. The van der Waals surface area contributed by atoms with Crippen molar-refractivity contribution in [3.63, 3.8) is 0 Å². The van der Waals surface area contributed by atoms with E-state index >= 15 is 0 Å². The smallest absolute Gasteiger partial charge is 0.285 e. The number of nitro benzene ring substituents is 1.